The van der Waals surface area contributed by atoms with Gasteiger partial charge in [0.15, 0.2) is 0 Å². The zero-order valence-corrected chi connectivity index (χ0v) is 21.5. The number of carbonyl (C=O) groups is 1. The second-order valence-corrected chi connectivity index (χ2v) is 9.90. The maximum absolute atomic E-state index is 13.7. The Hall–Kier alpha value is -3.26. The van der Waals surface area contributed by atoms with Gasteiger partial charge in [0.2, 0.25) is 11.1 Å². The average Bonchev–Trinajstić information content (AvgIpc) is 3.20. The second-order valence-electron chi connectivity index (χ2n) is 8.84. The molecule has 0 radical (unpaired) electrons. The zero-order chi connectivity index (χ0) is 24.4. The van der Waals surface area contributed by atoms with Gasteiger partial charge in [-0.2, -0.15) is 4.98 Å². The molecule has 1 amide bonds. The predicted octanol–water partition coefficient (Wildman–Crippen LogP) is 5.39. The lowest BCUT2D eigenvalue weighted by atomic mass is 9.94. The summed E-state index contributed by atoms with van der Waals surface area (Å²) < 4.78 is 1.84. The molecule has 4 rings (SSSR count). The van der Waals surface area contributed by atoms with Crippen LogP contribution in [0.3, 0.4) is 0 Å². The van der Waals surface area contributed by atoms with Crippen LogP contribution < -0.4 is 15.5 Å². The molecule has 178 valence electrons. The molecule has 3 aromatic rings. The fourth-order valence-electron chi connectivity index (χ4n) is 4.09. The van der Waals surface area contributed by atoms with Crippen molar-refractivity contribution in [2.24, 2.45) is 0 Å². The molecule has 0 bridgehead atoms. The van der Waals surface area contributed by atoms with Gasteiger partial charge in [-0.3, -0.25) is 4.79 Å². The van der Waals surface area contributed by atoms with Crippen molar-refractivity contribution in [2.75, 3.05) is 35.4 Å². The SMILES string of the molecule is CCCSc1nc2n(n1)C(c1ccc(N(C)C)cc1)C(C(=O)Nc1ccc(C)cc1C)=C(C)N2. The molecule has 0 fully saturated rings. The van der Waals surface area contributed by atoms with Crippen molar-refractivity contribution < 1.29 is 4.79 Å². The summed E-state index contributed by atoms with van der Waals surface area (Å²) in [5.41, 5.74) is 6.47. The molecule has 1 aromatic heterocycles. The highest BCUT2D eigenvalue weighted by atomic mass is 32.2. The van der Waals surface area contributed by atoms with E-state index in [2.05, 4.69) is 52.8 Å². The number of hydrogen-bond acceptors (Lipinski definition) is 6. The molecule has 1 atom stereocenters. The van der Waals surface area contributed by atoms with Gasteiger partial charge in [-0.1, -0.05) is 48.5 Å². The van der Waals surface area contributed by atoms with E-state index in [1.54, 1.807) is 11.8 Å². The van der Waals surface area contributed by atoms with Crippen molar-refractivity contribution in [3.63, 3.8) is 0 Å². The van der Waals surface area contributed by atoms with E-state index in [9.17, 15) is 4.79 Å². The van der Waals surface area contributed by atoms with Crippen molar-refractivity contribution >= 4 is 35.0 Å². The maximum atomic E-state index is 13.7. The van der Waals surface area contributed by atoms with Crippen molar-refractivity contribution in [2.45, 2.75) is 45.3 Å². The number of thioether (sulfide) groups is 1. The summed E-state index contributed by atoms with van der Waals surface area (Å²) in [6.07, 6.45) is 1.04. The number of fused-ring (bicyclic) bond motifs is 1. The van der Waals surface area contributed by atoms with E-state index in [-0.39, 0.29) is 11.9 Å². The van der Waals surface area contributed by atoms with Crippen molar-refractivity contribution in [3.8, 4) is 0 Å². The number of aryl methyl sites for hydroxylation is 2. The van der Waals surface area contributed by atoms with Crippen molar-refractivity contribution in [1.82, 2.24) is 14.8 Å². The van der Waals surface area contributed by atoms with E-state index in [1.165, 1.54) is 0 Å². The van der Waals surface area contributed by atoms with E-state index in [1.807, 2.05) is 51.7 Å². The van der Waals surface area contributed by atoms with E-state index >= 15 is 0 Å². The maximum Gasteiger partial charge on any atom is 0.255 e. The standard InChI is InChI=1S/C26H32N6OS/c1-7-14-34-26-29-25-27-18(4)22(24(33)28-21-13-8-16(2)15-17(21)3)23(32(25)30-26)19-9-11-20(12-10-19)31(5)6/h8-13,15,23H,7,14H2,1-6H3,(H,28,33)(H,27,29,30). The molecule has 1 aliphatic rings. The highest BCUT2D eigenvalue weighted by Gasteiger charge is 2.34. The van der Waals surface area contributed by atoms with Crippen LogP contribution in [0.4, 0.5) is 17.3 Å². The van der Waals surface area contributed by atoms with Crippen LogP contribution in [-0.4, -0.2) is 40.5 Å². The first kappa shape index (κ1) is 23.9. The number of carbonyl (C=O) groups excluding carboxylic acids is 1. The molecule has 0 saturated heterocycles. The largest absolute Gasteiger partial charge is 0.378 e. The molecule has 1 unspecified atom stereocenters. The van der Waals surface area contributed by atoms with Crippen molar-refractivity contribution in [3.05, 3.63) is 70.4 Å². The van der Waals surface area contributed by atoms with E-state index in [0.29, 0.717) is 16.7 Å². The van der Waals surface area contributed by atoms with Crippen LogP contribution in [0.25, 0.3) is 0 Å². The van der Waals surface area contributed by atoms with Gasteiger partial charge in [0, 0.05) is 36.9 Å². The van der Waals surface area contributed by atoms with Gasteiger partial charge in [0.25, 0.3) is 5.91 Å². The Morgan fingerprint density at radius 2 is 1.88 bits per heavy atom. The Balaban J connectivity index is 1.76. The Morgan fingerprint density at radius 1 is 1.15 bits per heavy atom. The molecule has 0 saturated carbocycles. The lowest BCUT2D eigenvalue weighted by molar-refractivity contribution is -0.113. The number of benzene rings is 2. The van der Waals surface area contributed by atoms with Crippen LogP contribution in [0, 0.1) is 13.8 Å². The van der Waals surface area contributed by atoms with Crippen LogP contribution in [0.15, 0.2) is 58.9 Å². The first-order chi connectivity index (χ1) is 16.3. The number of hydrogen-bond donors (Lipinski definition) is 2. The van der Waals surface area contributed by atoms with E-state index < -0.39 is 0 Å². The third-order valence-electron chi connectivity index (χ3n) is 5.87. The Bertz CT molecular complexity index is 1230. The fourth-order valence-corrected chi connectivity index (χ4v) is 4.77. The number of rotatable bonds is 7. The van der Waals surface area contributed by atoms with Gasteiger partial charge in [-0.25, -0.2) is 4.68 Å². The molecular formula is C26H32N6OS. The van der Waals surface area contributed by atoms with Crippen LogP contribution >= 0.6 is 11.8 Å². The molecule has 8 heteroatoms. The summed E-state index contributed by atoms with van der Waals surface area (Å²) in [7, 11) is 4.03. The van der Waals surface area contributed by atoms with Gasteiger partial charge in [0.05, 0.1) is 5.57 Å². The molecular weight excluding hydrogens is 444 g/mol. The monoisotopic (exact) mass is 476 g/mol. The summed E-state index contributed by atoms with van der Waals surface area (Å²) >= 11 is 1.63. The first-order valence-electron chi connectivity index (χ1n) is 11.5. The van der Waals surface area contributed by atoms with Crippen LogP contribution in [0.5, 0.6) is 0 Å². The summed E-state index contributed by atoms with van der Waals surface area (Å²) in [5, 5.41) is 11.9. The number of anilines is 3. The van der Waals surface area contributed by atoms with Gasteiger partial charge in [-0.05, 0) is 56.5 Å². The zero-order valence-electron chi connectivity index (χ0n) is 20.6. The smallest absolute Gasteiger partial charge is 0.255 e. The summed E-state index contributed by atoms with van der Waals surface area (Å²) in [6, 6.07) is 13.9. The van der Waals surface area contributed by atoms with Crippen LogP contribution in [0.1, 0.15) is 43.0 Å². The number of aromatic nitrogens is 3. The van der Waals surface area contributed by atoms with Crippen LogP contribution in [-0.2, 0) is 4.79 Å². The Kier molecular flexibility index (Phi) is 6.97. The molecule has 7 nitrogen and oxygen atoms in total. The minimum absolute atomic E-state index is 0.150. The molecule has 2 N–H and O–H groups in total. The Labute approximate surface area is 205 Å². The highest BCUT2D eigenvalue weighted by molar-refractivity contribution is 7.99. The quantitative estimate of drug-likeness (QED) is 0.445. The minimum Gasteiger partial charge on any atom is -0.378 e. The highest BCUT2D eigenvalue weighted by Crippen LogP contribution is 2.37. The van der Waals surface area contributed by atoms with E-state index in [0.717, 1.165) is 45.9 Å². The molecule has 0 aliphatic carbocycles. The lowest BCUT2D eigenvalue weighted by Gasteiger charge is -2.29. The number of allylic oxidation sites excluding steroid dienone is 1. The molecule has 34 heavy (non-hydrogen) atoms. The Morgan fingerprint density at radius 3 is 2.53 bits per heavy atom. The summed E-state index contributed by atoms with van der Waals surface area (Å²) in [5.74, 6) is 1.45. The summed E-state index contributed by atoms with van der Waals surface area (Å²) in [6.45, 7) is 8.12. The second kappa shape index (κ2) is 9.93. The number of nitrogens with one attached hydrogen (secondary N) is 2. The number of amides is 1. The average molecular weight is 477 g/mol. The van der Waals surface area contributed by atoms with Gasteiger partial charge in [-0.15, -0.1) is 5.10 Å². The lowest BCUT2D eigenvalue weighted by Crippen LogP contribution is -2.31. The summed E-state index contributed by atoms with van der Waals surface area (Å²) in [4.78, 5) is 20.4. The van der Waals surface area contributed by atoms with Gasteiger partial charge < -0.3 is 15.5 Å². The third kappa shape index (κ3) is 4.82. The first-order valence-corrected chi connectivity index (χ1v) is 12.5. The number of nitrogens with zero attached hydrogens (tertiary/aromatic N) is 4. The molecule has 1 aliphatic heterocycles. The van der Waals surface area contributed by atoms with Crippen molar-refractivity contribution in [1.29, 1.82) is 0 Å². The van der Waals surface area contributed by atoms with E-state index in [4.69, 9.17) is 10.1 Å². The fraction of sp³-hybridized carbons (Fsp3) is 0.346. The molecule has 2 aromatic carbocycles. The minimum atomic E-state index is -0.387. The van der Waals surface area contributed by atoms with Gasteiger partial charge >= 0.3 is 0 Å². The molecule has 2 heterocycles. The third-order valence-corrected chi connectivity index (χ3v) is 6.91. The topological polar surface area (TPSA) is 75.1 Å². The normalized spacial score (nSPS) is 15.1. The van der Waals surface area contributed by atoms with Crippen LogP contribution in [0.2, 0.25) is 0 Å². The molecule has 0 spiro atoms. The van der Waals surface area contributed by atoms with Gasteiger partial charge in [0.1, 0.15) is 6.04 Å². The predicted molar refractivity (Wildman–Crippen MR) is 141 cm³/mol.